The zero-order valence-corrected chi connectivity index (χ0v) is 16.1. The molecule has 0 spiro atoms. The molecule has 0 aliphatic carbocycles. The van der Waals surface area contributed by atoms with Crippen molar-refractivity contribution in [3.8, 4) is 0 Å². The number of piperazine rings is 1. The van der Waals surface area contributed by atoms with Crippen LogP contribution in [0, 0.1) is 0 Å². The number of aliphatic imine (C=N–C) groups is 1. The van der Waals surface area contributed by atoms with E-state index in [1.165, 1.54) is 0 Å². The van der Waals surface area contributed by atoms with Gasteiger partial charge in [0.05, 0.1) is 6.54 Å². The molecule has 3 rings (SSSR count). The van der Waals surface area contributed by atoms with Crippen LogP contribution in [0.25, 0.3) is 0 Å². The number of hydrogen-bond acceptors (Lipinski definition) is 7. The maximum Gasteiger partial charge on any atom is 0.225 e. The quantitative estimate of drug-likeness (QED) is 0.639. The summed E-state index contributed by atoms with van der Waals surface area (Å²) in [5.74, 6) is 1.72. The molecule has 0 radical (unpaired) electrons. The first-order chi connectivity index (χ1) is 11.2. The minimum atomic E-state index is 0. The molecule has 0 saturated carbocycles. The number of amides is 1. The molecule has 1 aromatic rings. The number of aromatic nitrogens is 2. The van der Waals surface area contributed by atoms with Gasteiger partial charge in [-0.2, -0.15) is 0 Å². The smallest absolute Gasteiger partial charge is 0.225 e. The van der Waals surface area contributed by atoms with E-state index in [9.17, 15) is 4.79 Å². The lowest BCUT2D eigenvalue weighted by atomic mass is 10.3. The fourth-order valence-corrected chi connectivity index (χ4v) is 2.72. The van der Waals surface area contributed by atoms with Gasteiger partial charge in [0.15, 0.2) is 5.96 Å². The van der Waals surface area contributed by atoms with E-state index >= 15 is 0 Å². The van der Waals surface area contributed by atoms with Crippen molar-refractivity contribution in [1.82, 2.24) is 25.5 Å². The molecule has 1 unspecified atom stereocenters. The molecular weight excluding hydrogens is 421 g/mol. The molecule has 2 N–H and O–H groups in total. The molecule has 2 aliphatic rings. The normalized spacial score (nSPS) is 20.0. The van der Waals surface area contributed by atoms with E-state index in [0.717, 1.165) is 31.5 Å². The van der Waals surface area contributed by atoms with Gasteiger partial charge in [-0.25, -0.2) is 9.97 Å². The summed E-state index contributed by atoms with van der Waals surface area (Å²) >= 11 is 0. The molecule has 1 amide bonds. The summed E-state index contributed by atoms with van der Waals surface area (Å²) in [6.45, 7) is 6.46. The van der Waals surface area contributed by atoms with Crippen molar-refractivity contribution in [2.45, 2.75) is 19.4 Å². The Morgan fingerprint density at radius 2 is 2.00 bits per heavy atom. The predicted octanol–water partition coefficient (Wildman–Crippen LogP) is 0.0706. The van der Waals surface area contributed by atoms with E-state index in [1.54, 1.807) is 18.5 Å². The summed E-state index contributed by atoms with van der Waals surface area (Å²) in [7, 11) is 0. The third-order valence-electron chi connectivity index (χ3n) is 4.01. The van der Waals surface area contributed by atoms with Crippen molar-refractivity contribution < 1.29 is 4.79 Å². The van der Waals surface area contributed by atoms with Gasteiger partial charge >= 0.3 is 0 Å². The van der Waals surface area contributed by atoms with Crippen molar-refractivity contribution in [3.63, 3.8) is 0 Å². The van der Waals surface area contributed by atoms with Gasteiger partial charge in [-0.15, -0.1) is 24.0 Å². The van der Waals surface area contributed by atoms with Gasteiger partial charge < -0.3 is 20.4 Å². The Bertz CT molecular complexity index is 560. The van der Waals surface area contributed by atoms with Gasteiger partial charge in [-0.05, 0) is 13.0 Å². The highest BCUT2D eigenvalue weighted by atomic mass is 127. The van der Waals surface area contributed by atoms with Gasteiger partial charge in [0.25, 0.3) is 0 Å². The first-order valence-corrected chi connectivity index (χ1v) is 8.07. The third-order valence-corrected chi connectivity index (χ3v) is 4.01. The molecule has 1 aromatic heterocycles. The molecule has 9 heteroatoms. The van der Waals surface area contributed by atoms with Gasteiger partial charge in [0, 0.05) is 57.6 Å². The lowest BCUT2D eigenvalue weighted by Gasteiger charge is -2.34. The van der Waals surface area contributed by atoms with Gasteiger partial charge in [-0.3, -0.25) is 9.79 Å². The number of rotatable bonds is 4. The van der Waals surface area contributed by atoms with Crippen LogP contribution in [0.2, 0.25) is 0 Å². The Hall–Kier alpha value is -1.65. The highest BCUT2D eigenvalue weighted by Crippen LogP contribution is 2.10. The lowest BCUT2D eigenvalue weighted by Crippen LogP contribution is -2.50. The second kappa shape index (κ2) is 9.00. The SMILES string of the molecule is CC1CN=C(NCCC(=O)N2CCN(c3ncccn3)CC2)N1.I. The Kier molecular flexibility index (Phi) is 7.00. The van der Waals surface area contributed by atoms with E-state index < -0.39 is 0 Å². The first-order valence-electron chi connectivity index (χ1n) is 8.07. The molecular formula is C15H24IN7O. The van der Waals surface area contributed by atoms with Gasteiger partial charge in [0.2, 0.25) is 11.9 Å². The van der Waals surface area contributed by atoms with Crippen molar-refractivity contribution in [2.24, 2.45) is 4.99 Å². The minimum Gasteiger partial charge on any atom is -0.356 e. The number of anilines is 1. The maximum atomic E-state index is 12.3. The van der Waals surface area contributed by atoms with Crippen molar-refractivity contribution in [1.29, 1.82) is 0 Å². The molecule has 1 fully saturated rings. The zero-order valence-electron chi connectivity index (χ0n) is 13.8. The summed E-state index contributed by atoms with van der Waals surface area (Å²) < 4.78 is 0. The number of nitrogens with zero attached hydrogens (tertiary/aromatic N) is 5. The summed E-state index contributed by atoms with van der Waals surface area (Å²) in [6.07, 6.45) is 3.97. The third kappa shape index (κ3) is 4.92. The predicted molar refractivity (Wildman–Crippen MR) is 104 cm³/mol. The van der Waals surface area contributed by atoms with Crippen molar-refractivity contribution >= 4 is 41.8 Å². The lowest BCUT2D eigenvalue weighted by molar-refractivity contribution is -0.131. The number of carbonyl (C=O) groups is 1. The van der Waals surface area contributed by atoms with E-state index in [4.69, 9.17) is 0 Å². The number of guanidine groups is 1. The van der Waals surface area contributed by atoms with Crippen LogP contribution >= 0.6 is 24.0 Å². The highest BCUT2D eigenvalue weighted by molar-refractivity contribution is 14.0. The Labute approximate surface area is 159 Å². The van der Waals surface area contributed by atoms with Crippen molar-refractivity contribution in [3.05, 3.63) is 18.5 Å². The molecule has 0 bridgehead atoms. The average molecular weight is 445 g/mol. The largest absolute Gasteiger partial charge is 0.356 e. The van der Waals surface area contributed by atoms with E-state index in [1.807, 2.05) is 4.90 Å². The maximum absolute atomic E-state index is 12.3. The molecule has 0 aromatic carbocycles. The molecule has 3 heterocycles. The van der Waals surface area contributed by atoms with Gasteiger partial charge in [0.1, 0.15) is 0 Å². The molecule has 24 heavy (non-hydrogen) atoms. The van der Waals surface area contributed by atoms with Crippen LogP contribution in [0.3, 0.4) is 0 Å². The van der Waals surface area contributed by atoms with Crippen LogP contribution < -0.4 is 15.5 Å². The molecule has 2 aliphatic heterocycles. The van der Waals surface area contributed by atoms with Crippen LogP contribution in [0.15, 0.2) is 23.5 Å². The van der Waals surface area contributed by atoms with E-state index in [2.05, 4.69) is 37.4 Å². The number of carbonyl (C=O) groups excluding carboxylic acids is 1. The van der Waals surface area contributed by atoms with Crippen LogP contribution in [-0.2, 0) is 4.79 Å². The Morgan fingerprint density at radius 1 is 1.29 bits per heavy atom. The number of halogens is 1. The van der Waals surface area contributed by atoms with Crippen LogP contribution in [0.1, 0.15) is 13.3 Å². The minimum absolute atomic E-state index is 0. The molecule has 132 valence electrons. The number of nitrogens with one attached hydrogen (secondary N) is 2. The van der Waals surface area contributed by atoms with Gasteiger partial charge in [-0.1, -0.05) is 0 Å². The summed E-state index contributed by atoms with van der Waals surface area (Å²) in [5.41, 5.74) is 0. The molecule has 1 saturated heterocycles. The van der Waals surface area contributed by atoms with E-state index in [0.29, 0.717) is 32.1 Å². The summed E-state index contributed by atoms with van der Waals surface area (Å²) in [5, 5.41) is 6.40. The summed E-state index contributed by atoms with van der Waals surface area (Å²) in [4.78, 5) is 29.1. The van der Waals surface area contributed by atoms with Crippen LogP contribution in [0.5, 0.6) is 0 Å². The van der Waals surface area contributed by atoms with E-state index in [-0.39, 0.29) is 29.9 Å². The first kappa shape index (κ1) is 18.7. The fourth-order valence-electron chi connectivity index (χ4n) is 2.72. The summed E-state index contributed by atoms with van der Waals surface area (Å²) in [6, 6.07) is 2.18. The standard InChI is InChI=1S/C15H23N7O.HI/c1-12-11-19-14(20-12)16-6-3-13(23)21-7-9-22(10-8-21)15-17-4-2-5-18-15;/h2,4-5,12H,3,6-11H2,1H3,(H2,16,19,20);1H. The average Bonchev–Trinajstić information content (AvgIpc) is 3.01. The van der Waals surface area contributed by atoms with Crippen molar-refractivity contribution in [2.75, 3.05) is 44.2 Å². The molecule has 8 nitrogen and oxygen atoms in total. The van der Waals surface area contributed by atoms with Crippen LogP contribution in [-0.4, -0.2) is 72.0 Å². The highest BCUT2D eigenvalue weighted by Gasteiger charge is 2.22. The topological polar surface area (TPSA) is 85.8 Å². The Balaban J connectivity index is 0.00000208. The van der Waals surface area contributed by atoms with Crippen LogP contribution in [0.4, 0.5) is 5.95 Å². The second-order valence-electron chi connectivity index (χ2n) is 5.83. The zero-order chi connectivity index (χ0) is 16.1. The molecule has 1 atom stereocenters. The number of hydrogen-bond donors (Lipinski definition) is 2. The second-order valence-corrected chi connectivity index (χ2v) is 5.83. The Morgan fingerprint density at radius 3 is 2.62 bits per heavy atom. The fraction of sp³-hybridized carbons (Fsp3) is 0.600. The monoisotopic (exact) mass is 445 g/mol.